The predicted octanol–water partition coefficient (Wildman–Crippen LogP) is 0.191. The number of likely N-dealkylation sites (tertiary alicyclic amines) is 1. The number of hydrogen-bond acceptors (Lipinski definition) is 5. The van der Waals surface area contributed by atoms with E-state index in [1.54, 1.807) is 17.0 Å². The lowest BCUT2D eigenvalue weighted by atomic mass is 10.00. The lowest BCUT2D eigenvalue weighted by Crippen LogP contribution is -2.38. The number of rotatable bonds is 2. The highest BCUT2D eigenvalue weighted by atomic mass is 32.2. The van der Waals surface area contributed by atoms with Crippen molar-refractivity contribution in [1.82, 2.24) is 9.80 Å². The third kappa shape index (κ3) is 2.48. The summed E-state index contributed by atoms with van der Waals surface area (Å²) in [6, 6.07) is 6.11. The first kappa shape index (κ1) is 15.3. The molecule has 2 saturated heterocycles. The smallest absolute Gasteiger partial charge is 0.254 e. The number of hydrogen-bond donors (Lipinski definition) is 1. The molecule has 7 heteroatoms. The Morgan fingerprint density at radius 1 is 1.32 bits per heavy atom. The first-order valence-electron chi connectivity index (χ1n) is 7.26. The van der Waals surface area contributed by atoms with Crippen molar-refractivity contribution in [3.05, 3.63) is 29.8 Å². The predicted molar refractivity (Wildman–Crippen MR) is 82.6 cm³/mol. The molecule has 2 heterocycles. The van der Waals surface area contributed by atoms with Crippen LogP contribution in [-0.2, 0) is 9.84 Å². The van der Waals surface area contributed by atoms with Crippen LogP contribution in [0.25, 0.3) is 0 Å². The zero-order valence-corrected chi connectivity index (χ0v) is 13.5. The Balaban J connectivity index is 1.84. The van der Waals surface area contributed by atoms with Crippen LogP contribution >= 0.6 is 0 Å². The van der Waals surface area contributed by atoms with Gasteiger partial charge >= 0.3 is 0 Å². The maximum absolute atomic E-state index is 12.5. The van der Waals surface area contributed by atoms with Crippen LogP contribution < -0.4 is 0 Å². The van der Waals surface area contributed by atoms with Crippen LogP contribution in [0.5, 0.6) is 5.75 Å². The number of phenols is 1. The van der Waals surface area contributed by atoms with Crippen molar-refractivity contribution in [2.75, 3.05) is 32.9 Å². The molecule has 2 aliphatic heterocycles. The quantitative estimate of drug-likeness (QED) is 0.840. The third-order valence-corrected chi connectivity index (χ3v) is 6.94. The Labute approximate surface area is 130 Å². The van der Waals surface area contributed by atoms with Crippen LogP contribution in [0, 0.1) is 5.92 Å². The van der Waals surface area contributed by atoms with Crippen LogP contribution in [0.2, 0.25) is 0 Å². The summed E-state index contributed by atoms with van der Waals surface area (Å²) in [5.74, 6) is -0.0629. The van der Waals surface area contributed by atoms with Crippen LogP contribution in [0.3, 0.4) is 0 Å². The second-order valence-electron chi connectivity index (χ2n) is 6.32. The summed E-state index contributed by atoms with van der Waals surface area (Å²) >= 11 is 0. The molecule has 0 aromatic heterocycles. The van der Waals surface area contributed by atoms with E-state index >= 15 is 0 Å². The molecule has 3 atom stereocenters. The fourth-order valence-electron chi connectivity index (χ4n) is 3.55. The fourth-order valence-corrected chi connectivity index (χ4v) is 6.03. The number of nitrogens with zero attached hydrogens (tertiary/aromatic N) is 2. The van der Waals surface area contributed by atoms with Gasteiger partial charge in [0.1, 0.15) is 5.75 Å². The Bertz CT molecular complexity index is 701. The SMILES string of the molecule is CN(C)[C@@H]1CS(=O)(=O)[C@H]2CN(C(=O)c3cccc(O)c3)C[C@@H]12. The molecule has 1 aromatic rings. The summed E-state index contributed by atoms with van der Waals surface area (Å²) in [6.07, 6.45) is 0. The molecule has 0 bridgehead atoms. The molecule has 6 nitrogen and oxygen atoms in total. The van der Waals surface area contributed by atoms with Crippen molar-refractivity contribution in [2.45, 2.75) is 11.3 Å². The summed E-state index contributed by atoms with van der Waals surface area (Å²) in [4.78, 5) is 16.1. The molecule has 120 valence electrons. The largest absolute Gasteiger partial charge is 0.508 e. The second kappa shape index (κ2) is 5.24. The number of fused-ring (bicyclic) bond motifs is 1. The maximum Gasteiger partial charge on any atom is 0.254 e. The van der Waals surface area contributed by atoms with E-state index in [1.807, 2.05) is 19.0 Å². The number of carbonyl (C=O) groups excluding carboxylic acids is 1. The van der Waals surface area contributed by atoms with E-state index in [9.17, 15) is 18.3 Å². The zero-order chi connectivity index (χ0) is 16.1. The molecule has 0 radical (unpaired) electrons. The molecule has 1 amide bonds. The molecule has 0 aliphatic carbocycles. The summed E-state index contributed by atoms with van der Waals surface area (Å²) < 4.78 is 24.6. The molecule has 0 saturated carbocycles. The van der Waals surface area contributed by atoms with E-state index in [0.29, 0.717) is 12.1 Å². The topological polar surface area (TPSA) is 77.9 Å². The minimum Gasteiger partial charge on any atom is -0.508 e. The molecule has 3 rings (SSSR count). The van der Waals surface area contributed by atoms with Crippen molar-refractivity contribution in [2.24, 2.45) is 5.92 Å². The number of amides is 1. The maximum atomic E-state index is 12.5. The van der Waals surface area contributed by atoms with Gasteiger partial charge < -0.3 is 14.9 Å². The minimum atomic E-state index is -3.16. The average molecular weight is 324 g/mol. The number of aromatic hydroxyl groups is 1. The summed E-state index contributed by atoms with van der Waals surface area (Å²) in [5.41, 5.74) is 0.388. The van der Waals surface area contributed by atoms with E-state index in [2.05, 4.69) is 0 Å². The molecule has 1 aromatic carbocycles. The van der Waals surface area contributed by atoms with Gasteiger partial charge in [-0.2, -0.15) is 0 Å². The monoisotopic (exact) mass is 324 g/mol. The highest BCUT2D eigenvalue weighted by Gasteiger charge is 2.53. The van der Waals surface area contributed by atoms with Crippen molar-refractivity contribution >= 4 is 15.7 Å². The fraction of sp³-hybridized carbons (Fsp3) is 0.533. The summed E-state index contributed by atoms with van der Waals surface area (Å²) in [5, 5.41) is 9.02. The number of sulfone groups is 1. The van der Waals surface area contributed by atoms with Gasteiger partial charge in [-0.25, -0.2) is 8.42 Å². The van der Waals surface area contributed by atoms with E-state index in [0.717, 1.165) is 0 Å². The van der Waals surface area contributed by atoms with Crippen LogP contribution in [0.1, 0.15) is 10.4 Å². The van der Waals surface area contributed by atoms with E-state index < -0.39 is 15.1 Å². The van der Waals surface area contributed by atoms with Crippen LogP contribution in [-0.4, -0.2) is 73.5 Å². The number of carbonyl (C=O) groups is 1. The van der Waals surface area contributed by atoms with Crippen LogP contribution in [0.15, 0.2) is 24.3 Å². The van der Waals surface area contributed by atoms with Gasteiger partial charge in [0.2, 0.25) is 0 Å². The Hall–Kier alpha value is -1.60. The van der Waals surface area contributed by atoms with Gasteiger partial charge in [0.05, 0.1) is 11.0 Å². The minimum absolute atomic E-state index is 0.0315. The third-order valence-electron chi connectivity index (χ3n) is 4.71. The standard InChI is InChI=1S/C15H20N2O4S/c1-16(2)13-9-22(20,21)14-8-17(7-12(13)14)15(19)10-4-3-5-11(18)6-10/h3-6,12-14,18H,7-9H2,1-2H3/t12-,13+,14-/m0/s1. The Morgan fingerprint density at radius 3 is 2.68 bits per heavy atom. The van der Waals surface area contributed by atoms with Gasteiger partial charge in [-0.3, -0.25) is 4.79 Å². The summed E-state index contributed by atoms with van der Waals surface area (Å²) in [6.45, 7) is 0.688. The van der Waals surface area contributed by atoms with Gasteiger partial charge in [0.15, 0.2) is 9.84 Å². The lowest BCUT2D eigenvalue weighted by Gasteiger charge is -2.25. The lowest BCUT2D eigenvalue weighted by molar-refractivity contribution is 0.0779. The van der Waals surface area contributed by atoms with Crippen LogP contribution in [0.4, 0.5) is 0 Å². The highest BCUT2D eigenvalue weighted by Crippen LogP contribution is 2.36. The Morgan fingerprint density at radius 2 is 2.05 bits per heavy atom. The van der Waals surface area contributed by atoms with Gasteiger partial charge in [-0.15, -0.1) is 0 Å². The first-order valence-corrected chi connectivity index (χ1v) is 8.97. The zero-order valence-electron chi connectivity index (χ0n) is 12.6. The molecule has 2 aliphatic rings. The van der Waals surface area contributed by atoms with Gasteiger partial charge in [-0.05, 0) is 32.3 Å². The number of phenolic OH excluding ortho intramolecular Hbond substituents is 1. The molecule has 0 unspecified atom stereocenters. The second-order valence-corrected chi connectivity index (χ2v) is 8.59. The normalized spacial score (nSPS) is 29.8. The molecule has 0 spiro atoms. The molecule has 22 heavy (non-hydrogen) atoms. The van der Waals surface area contributed by atoms with Crippen molar-refractivity contribution in [1.29, 1.82) is 0 Å². The van der Waals surface area contributed by atoms with Gasteiger partial charge in [0.25, 0.3) is 5.91 Å². The Kier molecular flexibility index (Phi) is 3.65. The van der Waals surface area contributed by atoms with Gasteiger partial charge in [-0.1, -0.05) is 6.07 Å². The van der Waals surface area contributed by atoms with Crippen molar-refractivity contribution in [3.63, 3.8) is 0 Å². The highest BCUT2D eigenvalue weighted by molar-refractivity contribution is 7.92. The van der Waals surface area contributed by atoms with Gasteiger partial charge in [0, 0.05) is 30.6 Å². The van der Waals surface area contributed by atoms with Crippen molar-refractivity contribution < 1.29 is 18.3 Å². The van der Waals surface area contributed by atoms with E-state index in [4.69, 9.17) is 0 Å². The number of benzene rings is 1. The molecular weight excluding hydrogens is 304 g/mol. The van der Waals surface area contributed by atoms with Crippen molar-refractivity contribution in [3.8, 4) is 5.75 Å². The van der Waals surface area contributed by atoms with E-state index in [1.165, 1.54) is 12.1 Å². The molecule has 2 fully saturated rings. The molecule has 1 N–H and O–H groups in total. The molecular formula is C15H20N2O4S. The summed E-state index contributed by atoms with van der Waals surface area (Å²) in [7, 11) is 0.595. The first-order chi connectivity index (χ1) is 10.3. The average Bonchev–Trinajstić information content (AvgIpc) is 2.98. The van der Waals surface area contributed by atoms with E-state index in [-0.39, 0.29) is 35.9 Å².